The summed E-state index contributed by atoms with van der Waals surface area (Å²) in [4.78, 5) is 12.2. The topological polar surface area (TPSA) is 73.6 Å². The van der Waals surface area contributed by atoms with Crippen LogP contribution in [0.2, 0.25) is 0 Å². The monoisotopic (exact) mass is 320 g/mol. The molecule has 1 heterocycles. The molecule has 1 fully saturated rings. The van der Waals surface area contributed by atoms with Crippen LogP contribution in [0, 0.1) is 0 Å². The third-order valence-electron chi connectivity index (χ3n) is 4.19. The van der Waals surface area contributed by atoms with E-state index in [1.165, 1.54) is 5.56 Å². The van der Waals surface area contributed by atoms with Crippen LogP contribution in [-0.4, -0.2) is 37.8 Å². The van der Waals surface area contributed by atoms with Crippen LogP contribution in [0.3, 0.4) is 0 Å². The maximum Gasteiger partial charge on any atom is 0.240 e. The maximum atomic E-state index is 12.2. The second kappa shape index (κ2) is 7.32. The molecule has 1 aromatic rings. The Bertz CT molecular complexity index is 531. The number of hydrogen-bond acceptors (Lipinski definition) is 4. The van der Waals surface area contributed by atoms with Crippen LogP contribution in [0.5, 0.6) is 5.75 Å². The van der Waals surface area contributed by atoms with Crippen LogP contribution < -0.4 is 15.8 Å². The van der Waals surface area contributed by atoms with Gasteiger partial charge in [0.15, 0.2) is 0 Å². The predicted molar refractivity (Wildman–Crippen MR) is 90.6 cm³/mol. The van der Waals surface area contributed by atoms with E-state index in [4.69, 9.17) is 15.2 Å². The van der Waals surface area contributed by atoms with Crippen LogP contribution in [0.4, 0.5) is 0 Å². The van der Waals surface area contributed by atoms with Crippen molar-refractivity contribution in [3.05, 3.63) is 29.8 Å². The van der Waals surface area contributed by atoms with Gasteiger partial charge in [-0.3, -0.25) is 4.79 Å². The Morgan fingerprint density at radius 3 is 2.70 bits per heavy atom. The van der Waals surface area contributed by atoms with Gasteiger partial charge in [-0.1, -0.05) is 32.9 Å². The summed E-state index contributed by atoms with van der Waals surface area (Å²) in [6.45, 7) is 8.45. The molecule has 23 heavy (non-hydrogen) atoms. The van der Waals surface area contributed by atoms with Gasteiger partial charge >= 0.3 is 0 Å². The van der Waals surface area contributed by atoms with E-state index in [0.717, 1.165) is 5.75 Å². The first-order valence-corrected chi connectivity index (χ1v) is 8.19. The van der Waals surface area contributed by atoms with Crippen molar-refractivity contribution in [2.24, 2.45) is 5.73 Å². The molecule has 128 valence electrons. The van der Waals surface area contributed by atoms with Gasteiger partial charge in [0.1, 0.15) is 12.4 Å². The molecule has 0 atom stereocenters. The lowest BCUT2D eigenvalue weighted by Crippen LogP contribution is -2.57. The second-order valence-corrected chi connectivity index (χ2v) is 7.15. The molecule has 2 rings (SSSR count). The number of ether oxygens (including phenoxy) is 2. The number of benzene rings is 1. The molecule has 0 unspecified atom stereocenters. The number of nitrogens with two attached hydrogens (primary N) is 1. The SMILES string of the molecule is CC(C)(C)c1cccc(OCCNC(=O)C2(N)CCOCC2)c1. The fraction of sp³-hybridized carbons (Fsp3) is 0.611. The van der Waals surface area contributed by atoms with Gasteiger partial charge in [0.05, 0.1) is 12.1 Å². The van der Waals surface area contributed by atoms with E-state index in [9.17, 15) is 4.79 Å². The molecular weight excluding hydrogens is 292 g/mol. The number of amides is 1. The van der Waals surface area contributed by atoms with Gasteiger partial charge in [-0.25, -0.2) is 0 Å². The highest BCUT2D eigenvalue weighted by atomic mass is 16.5. The maximum absolute atomic E-state index is 12.2. The summed E-state index contributed by atoms with van der Waals surface area (Å²) >= 11 is 0. The minimum Gasteiger partial charge on any atom is -0.492 e. The van der Waals surface area contributed by atoms with E-state index in [0.29, 0.717) is 39.2 Å². The Morgan fingerprint density at radius 2 is 2.04 bits per heavy atom. The first-order valence-electron chi connectivity index (χ1n) is 8.19. The molecule has 1 aromatic carbocycles. The molecule has 3 N–H and O–H groups in total. The average Bonchev–Trinajstić information content (AvgIpc) is 2.51. The molecule has 1 saturated heterocycles. The zero-order valence-electron chi connectivity index (χ0n) is 14.4. The third-order valence-corrected chi connectivity index (χ3v) is 4.19. The second-order valence-electron chi connectivity index (χ2n) is 7.15. The van der Waals surface area contributed by atoms with Gasteiger partial charge in [-0.15, -0.1) is 0 Å². The first kappa shape index (κ1) is 17.8. The predicted octanol–water partition coefficient (Wildman–Crippen LogP) is 1.99. The normalized spacial score (nSPS) is 17.6. The molecule has 5 nitrogen and oxygen atoms in total. The van der Waals surface area contributed by atoms with Gasteiger partial charge in [-0.05, 0) is 36.0 Å². The lowest BCUT2D eigenvalue weighted by molar-refractivity contribution is -0.129. The summed E-state index contributed by atoms with van der Waals surface area (Å²) in [6.07, 6.45) is 1.13. The van der Waals surface area contributed by atoms with Gasteiger partial charge in [0.25, 0.3) is 0 Å². The molecular formula is C18H28N2O3. The number of hydrogen-bond donors (Lipinski definition) is 2. The smallest absolute Gasteiger partial charge is 0.240 e. The Balaban J connectivity index is 1.78. The lowest BCUT2D eigenvalue weighted by atomic mass is 9.87. The molecule has 5 heteroatoms. The highest BCUT2D eigenvalue weighted by molar-refractivity contribution is 5.86. The Hall–Kier alpha value is -1.59. The van der Waals surface area contributed by atoms with Crippen molar-refractivity contribution in [2.45, 2.75) is 44.6 Å². The lowest BCUT2D eigenvalue weighted by Gasteiger charge is -2.31. The van der Waals surface area contributed by atoms with Crippen LogP contribution in [0.15, 0.2) is 24.3 Å². The number of carbonyl (C=O) groups excluding carboxylic acids is 1. The molecule has 1 amide bonds. The van der Waals surface area contributed by atoms with Crippen molar-refractivity contribution >= 4 is 5.91 Å². The number of carbonyl (C=O) groups is 1. The number of rotatable bonds is 5. The van der Waals surface area contributed by atoms with E-state index < -0.39 is 5.54 Å². The van der Waals surface area contributed by atoms with Crippen LogP contribution in [0.1, 0.15) is 39.2 Å². The molecule has 1 aliphatic rings. The highest BCUT2D eigenvalue weighted by Crippen LogP contribution is 2.25. The van der Waals surface area contributed by atoms with Gasteiger partial charge in [0.2, 0.25) is 5.91 Å². The Labute approximate surface area is 138 Å². The fourth-order valence-electron chi connectivity index (χ4n) is 2.52. The first-order chi connectivity index (χ1) is 10.8. The van der Waals surface area contributed by atoms with E-state index in [-0.39, 0.29) is 11.3 Å². The van der Waals surface area contributed by atoms with Crippen LogP contribution >= 0.6 is 0 Å². The molecule has 1 aliphatic heterocycles. The molecule has 0 aliphatic carbocycles. The summed E-state index contributed by atoms with van der Waals surface area (Å²) in [5.74, 6) is 0.702. The highest BCUT2D eigenvalue weighted by Gasteiger charge is 2.35. The average molecular weight is 320 g/mol. The molecule has 0 aromatic heterocycles. The van der Waals surface area contributed by atoms with Crippen molar-refractivity contribution in [1.29, 1.82) is 0 Å². The summed E-state index contributed by atoms with van der Waals surface area (Å²) < 4.78 is 11.0. The van der Waals surface area contributed by atoms with E-state index in [1.807, 2.05) is 18.2 Å². The van der Waals surface area contributed by atoms with Gasteiger partial charge in [0, 0.05) is 13.2 Å². The van der Waals surface area contributed by atoms with E-state index in [1.54, 1.807) is 0 Å². The molecule has 0 saturated carbocycles. The quantitative estimate of drug-likeness (QED) is 0.814. The minimum absolute atomic E-state index is 0.0859. The zero-order valence-corrected chi connectivity index (χ0v) is 14.4. The van der Waals surface area contributed by atoms with Gasteiger partial charge in [-0.2, -0.15) is 0 Å². The summed E-state index contributed by atoms with van der Waals surface area (Å²) in [7, 11) is 0. The van der Waals surface area contributed by atoms with Crippen LogP contribution in [0.25, 0.3) is 0 Å². The largest absolute Gasteiger partial charge is 0.492 e. The minimum atomic E-state index is -0.801. The summed E-state index contributed by atoms with van der Waals surface area (Å²) in [5, 5.41) is 2.86. The van der Waals surface area contributed by atoms with Crippen molar-refractivity contribution in [2.75, 3.05) is 26.4 Å². The third kappa shape index (κ3) is 4.94. The van der Waals surface area contributed by atoms with Crippen LogP contribution in [-0.2, 0) is 14.9 Å². The van der Waals surface area contributed by atoms with Crippen molar-refractivity contribution in [3.8, 4) is 5.75 Å². The van der Waals surface area contributed by atoms with Crippen molar-refractivity contribution in [1.82, 2.24) is 5.32 Å². The molecule has 0 spiro atoms. The standard InChI is InChI=1S/C18H28N2O3/c1-17(2,3)14-5-4-6-15(13-14)23-12-9-20-16(21)18(19)7-10-22-11-8-18/h4-6,13H,7-12,19H2,1-3H3,(H,20,21). The fourth-order valence-corrected chi connectivity index (χ4v) is 2.52. The van der Waals surface area contributed by atoms with Gasteiger partial charge < -0.3 is 20.5 Å². The Morgan fingerprint density at radius 1 is 1.35 bits per heavy atom. The zero-order chi connectivity index (χ0) is 16.9. The Kier molecular flexibility index (Phi) is 5.65. The number of nitrogens with one attached hydrogen (secondary N) is 1. The molecule has 0 radical (unpaired) electrons. The van der Waals surface area contributed by atoms with Crippen molar-refractivity contribution < 1.29 is 14.3 Å². The van der Waals surface area contributed by atoms with E-state index >= 15 is 0 Å². The summed E-state index contributed by atoms with van der Waals surface area (Å²) in [6, 6.07) is 8.06. The van der Waals surface area contributed by atoms with Crippen molar-refractivity contribution in [3.63, 3.8) is 0 Å². The summed E-state index contributed by atoms with van der Waals surface area (Å²) in [5.41, 5.74) is 6.64. The van der Waals surface area contributed by atoms with E-state index in [2.05, 4.69) is 32.2 Å². The molecule has 0 bridgehead atoms.